The van der Waals surface area contributed by atoms with E-state index in [4.69, 9.17) is 0 Å². The van der Waals surface area contributed by atoms with Crippen LogP contribution in [0.4, 0.5) is 5.69 Å². The van der Waals surface area contributed by atoms with Gasteiger partial charge >= 0.3 is 0 Å². The van der Waals surface area contributed by atoms with Gasteiger partial charge < -0.3 is 28.9 Å². The molecule has 0 bridgehead atoms. The third kappa shape index (κ3) is 4.82. The first-order valence-electron chi connectivity index (χ1n) is 6.35. The average Bonchev–Trinajstić information content (AvgIpc) is 2.38. The smallest absolute Gasteiger partial charge is 0.168 e. The second-order valence-electron chi connectivity index (χ2n) is 4.93. The van der Waals surface area contributed by atoms with Crippen LogP contribution in [0.15, 0.2) is 48.8 Å². The largest absolute Gasteiger partial charge is 1.00 e. The van der Waals surface area contributed by atoms with E-state index in [1.54, 1.807) is 0 Å². The number of halogens is 1. The highest BCUT2D eigenvalue weighted by Crippen LogP contribution is 2.13. The number of aromatic nitrogens is 1. The lowest BCUT2D eigenvalue weighted by Gasteiger charge is -2.12. The molecule has 0 unspecified atom stereocenters. The molecule has 0 fully saturated rings. The van der Waals surface area contributed by atoms with Crippen LogP contribution in [0.25, 0.3) is 0 Å². The Balaban J connectivity index is 0.00000180. The molecule has 1 heterocycles. The summed E-state index contributed by atoms with van der Waals surface area (Å²) in [6, 6.07) is 13.2. The van der Waals surface area contributed by atoms with Gasteiger partial charge in [0.15, 0.2) is 12.4 Å². The van der Waals surface area contributed by atoms with Crippen LogP contribution >= 0.6 is 0 Å². The second kappa shape index (κ2) is 7.48. The van der Waals surface area contributed by atoms with Crippen LogP contribution in [0.3, 0.4) is 0 Å². The molecule has 0 saturated heterocycles. The fourth-order valence-electron chi connectivity index (χ4n) is 1.95. The van der Waals surface area contributed by atoms with Crippen molar-refractivity contribution in [2.75, 3.05) is 19.0 Å². The summed E-state index contributed by atoms with van der Waals surface area (Å²) in [5.41, 5.74) is 4.05. The van der Waals surface area contributed by atoms with Crippen molar-refractivity contribution in [3.05, 3.63) is 59.9 Å². The third-order valence-corrected chi connectivity index (χ3v) is 3.20. The summed E-state index contributed by atoms with van der Waals surface area (Å²) in [6.45, 7) is 0. The average molecular weight is 368 g/mol. The first-order chi connectivity index (χ1) is 8.65. The van der Waals surface area contributed by atoms with Crippen LogP contribution in [-0.4, -0.2) is 14.1 Å². The lowest BCUT2D eigenvalue weighted by molar-refractivity contribution is -0.671. The summed E-state index contributed by atoms with van der Waals surface area (Å²) in [7, 11) is 6.18. The lowest BCUT2D eigenvalue weighted by atomic mass is 10.1. The van der Waals surface area contributed by atoms with Crippen molar-refractivity contribution in [2.45, 2.75) is 12.8 Å². The molecule has 3 heteroatoms. The first kappa shape index (κ1) is 16.0. The van der Waals surface area contributed by atoms with Crippen molar-refractivity contribution >= 4 is 5.69 Å². The van der Waals surface area contributed by atoms with Gasteiger partial charge in [0.25, 0.3) is 0 Å². The molecule has 0 aliphatic rings. The van der Waals surface area contributed by atoms with Crippen LogP contribution in [0.2, 0.25) is 0 Å². The fourth-order valence-corrected chi connectivity index (χ4v) is 1.95. The van der Waals surface area contributed by atoms with E-state index in [2.05, 4.69) is 72.4 Å². The molecule has 2 rings (SSSR count). The predicted molar refractivity (Wildman–Crippen MR) is 75.8 cm³/mol. The Morgan fingerprint density at radius 1 is 0.842 bits per heavy atom. The Morgan fingerprint density at radius 3 is 1.79 bits per heavy atom. The summed E-state index contributed by atoms with van der Waals surface area (Å²) in [5, 5.41) is 0. The van der Waals surface area contributed by atoms with Crippen molar-refractivity contribution in [3.63, 3.8) is 0 Å². The minimum absolute atomic E-state index is 0. The Labute approximate surface area is 133 Å². The van der Waals surface area contributed by atoms with Crippen molar-refractivity contribution in [1.82, 2.24) is 0 Å². The summed E-state index contributed by atoms with van der Waals surface area (Å²) in [4.78, 5) is 2.13. The third-order valence-electron chi connectivity index (χ3n) is 3.20. The number of hydrogen-bond donors (Lipinski definition) is 0. The summed E-state index contributed by atoms with van der Waals surface area (Å²) in [5.74, 6) is 0. The van der Waals surface area contributed by atoms with Crippen molar-refractivity contribution in [1.29, 1.82) is 0 Å². The molecule has 0 atom stereocenters. The molecule has 0 spiro atoms. The van der Waals surface area contributed by atoms with E-state index in [9.17, 15) is 0 Å². The van der Waals surface area contributed by atoms with Gasteiger partial charge in [-0.15, -0.1) is 0 Å². The zero-order valence-electron chi connectivity index (χ0n) is 11.8. The Hall–Kier alpha value is -1.10. The van der Waals surface area contributed by atoms with Crippen LogP contribution in [-0.2, 0) is 19.9 Å². The summed E-state index contributed by atoms with van der Waals surface area (Å²) in [6.07, 6.45) is 6.40. The van der Waals surface area contributed by atoms with Gasteiger partial charge in [-0.05, 0) is 36.1 Å². The number of hydrogen-bond acceptors (Lipinski definition) is 1. The van der Waals surface area contributed by atoms with Gasteiger partial charge in [-0.25, -0.2) is 4.57 Å². The number of aryl methyl sites for hydroxylation is 3. The van der Waals surface area contributed by atoms with E-state index in [1.165, 1.54) is 16.8 Å². The maximum atomic E-state index is 2.22. The van der Waals surface area contributed by atoms with E-state index in [0.29, 0.717) is 0 Å². The molecular weight excluding hydrogens is 347 g/mol. The Kier molecular flexibility index (Phi) is 6.28. The number of benzene rings is 1. The first-order valence-corrected chi connectivity index (χ1v) is 6.35. The van der Waals surface area contributed by atoms with Crippen molar-refractivity contribution in [3.8, 4) is 0 Å². The summed E-state index contributed by atoms with van der Waals surface area (Å²) >= 11 is 0. The molecule has 0 radical (unpaired) electrons. The van der Waals surface area contributed by atoms with Gasteiger partial charge in [0.1, 0.15) is 7.05 Å². The lowest BCUT2D eigenvalue weighted by Crippen LogP contribution is -3.00. The van der Waals surface area contributed by atoms with Crippen LogP contribution in [0.1, 0.15) is 11.1 Å². The van der Waals surface area contributed by atoms with Crippen molar-refractivity contribution < 1.29 is 28.5 Å². The second-order valence-corrected chi connectivity index (χ2v) is 4.93. The van der Waals surface area contributed by atoms with Gasteiger partial charge in [0.2, 0.25) is 0 Å². The highest BCUT2D eigenvalue weighted by atomic mass is 127. The molecule has 2 nitrogen and oxygen atoms in total. The minimum atomic E-state index is 0. The number of pyridine rings is 1. The van der Waals surface area contributed by atoms with Crippen LogP contribution < -0.4 is 33.4 Å². The molecule has 19 heavy (non-hydrogen) atoms. The normalized spacial score (nSPS) is 9.84. The van der Waals surface area contributed by atoms with Crippen molar-refractivity contribution in [2.24, 2.45) is 7.05 Å². The van der Waals surface area contributed by atoms with E-state index in [0.717, 1.165) is 12.8 Å². The zero-order valence-corrected chi connectivity index (χ0v) is 14.0. The van der Waals surface area contributed by atoms with E-state index in [-0.39, 0.29) is 24.0 Å². The highest BCUT2D eigenvalue weighted by Gasteiger charge is 1.99. The fraction of sp³-hybridized carbons (Fsp3) is 0.312. The Morgan fingerprint density at radius 2 is 1.32 bits per heavy atom. The van der Waals surface area contributed by atoms with E-state index in [1.807, 2.05) is 7.05 Å². The number of nitrogens with zero attached hydrogens (tertiary/aromatic N) is 2. The zero-order chi connectivity index (χ0) is 13.0. The molecule has 102 valence electrons. The monoisotopic (exact) mass is 368 g/mol. The molecule has 0 amide bonds. The maximum Gasteiger partial charge on any atom is 0.168 e. The van der Waals surface area contributed by atoms with Gasteiger partial charge in [-0.3, -0.25) is 0 Å². The molecule has 0 N–H and O–H groups in total. The van der Waals surface area contributed by atoms with Crippen LogP contribution in [0.5, 0.6) is 0 Å². The highest BCUT2D eigenvalue weighted by molar-refractivity contribution is 5.46. The van der Waals surface area contributed by atoms with Gasteiger partial charge in [-0.2, -0.15) is 0 Å². The molecule has 1 aromatic heterocycles. The molecular formula is C16H21IN2. The number of anilines is 1. The number of rotatable bonds is 4. The Bertz CT molecular complexity index is 489. The van der Waals surface area contributed by atoms with E-state index >= 15 is 0 Å². The van der Waals surface area contributed by atoms with Gasteiger partial charge in [0, 0.05) is 31.9 Å². The van der Waals surface area contributed by atoms with Gasteiger partial charge in [-0.1, -0.05) is 12.1 Å². The molecule has 0 aliphatic heterocycles. The van der Waals surface area contributed by atoms with Gasteiger partial charge in [0.05, 0.1) is 0 Å². The minimum Gasteiger partial charge on any atom is -1.00 e. The van der Waals surface area contributed by atoms with E-state index < -0.39 is 0 Å². The topological polar surface area (TPSA) is 7.12 Å². The molecule has 2 aromatic rings. The predicted octanol–water partition coefficient (Wildman–Crippen LogP) is -0.634. The molecule has 1 aromatic carbocycles. The molecule has 0 aliphatic carbocycles. The van der Waals surface area contributed by atoms with Crippen LogP contribution in [0, 0.1) is 0 Å². The standard InChI is InChI=1S/C16H21N2.HI/c1-17(2)16-8-6-14(7-9-16)4-5-15-10-12-18(3)13-11-15;/h6-13H,4-5H2,1-3H3;1H/q+1;/p-1. The SMILES string of the molecule is CN(C)c1ccc(CCc2cc[n+](C)cc2)cc1.[I-]. The molecule has 0 saturated carbocycles. The summed E-state index contributed by atoms with van der Waals surface area (Å²) < 4.78 is 2.06. The maximum absolute atomic E-state index is 2.22. The quantitative estimate of drug-likeness (QED) is 0.515.